The van der Waals surface area contributed by atoms with E-state index in [0.717, 1.165) is 44.9 Å². The normalized spacial score (nSPS) is 15.2. The Balaban J connectivity index is 1.66. The van der Waals surface area contributed by atoms with Crippen molar-refractivity contribution in [3.8, 4) is 0 Å². The van der Waals surface area contributed by atoms with Crippen LogP contribution in [0.5, 0.6) is 0 Å². The number of phosphoric ester groups is 1. The van der Waals surface area contributed by atoms with Crippen LogP contribution in [-0.2, 0) is 54.5 Å². The van der Waals surface area contributed by atoms with Gasteiger partial charge in [-0.15, -0.1) is 10.2 Å². The third-order valence-electron chi connectivity index (χ3n) is 9.19. The molecule has 2 rings (SSSR count). The number of ether oxygens (including phenoxy) is 3. The number of unbranched alkanes of at least 4 members (excludes halogenated alkanes) is 13. The Bertz CT molecular complexity index is 1460. The molecule has 0 radical (unpaired) electrons. The standard InChI is InChI=1S/C39H62F3IN3O10P/c1-5-6-7-8-9-10-11-14-18-21-36(48)53-29-33(30-55-57(50,51)54-26-25-46(2,3)4)56-37(49)22-19-16-13-12-15-17-20-35(47)52-28-31-23-24-32(27-34(31)43)38(44-45-38)39(40,41)42/h23-24,27,33H,5-22,25-26,28-30H2,1-4H3/t33-/m1/s1/i43-2. The minimum Gasteiger partial charge on any atom is -0.756 e. The van der Waals surface area contributed by atoms with Gasteiger partial charge in [-0.1, -0.05) is 96.1 Å². The smallest absolute Gasteiger partial charge is 0.442 e. The maximum atomic E-state index is 13.3. The zero-order chi connectivity index (χ0) is 42.4. The van der Waals surface area contributed by atoms with Gasteiger partial charge in [0.25, 0.3) is 7.82 Å². The number of hydrogen-bond donors (Lipinski definition) is 0. The van der Waals surface area contributed by atoms with Gasteiger partial charge in [-0.25, -0.2) is 0 Å². The van der Waals surface area contributed by atoms with Crippen LogP contribution in [0.25, 0.3) is 0 Å². The molecule has 1 heterocycles. The maximum Gasteiger partial charge on any atom is 0.442 e. The Kier molecular flexibility index (Phi) is 23.4. The first-order chi connectivity index (χ1) is 26.9. The highest BCUT2D eigenvalue weighted by Crippen LogP contribution is 2.52. The number of esters is 3. The molecule has 1 aromatic rings. The molecule has 0 saturated carbocycles. The van der Waals surface area contributed by atoms with Crippen LogP contribution in [0.2, 0.25) is 0 Å². The van der Waals surface area contributed by atoms with Crippen molar-refractivity contribution in [3.05, 3.63) is 32.9 Å². The number of phosphoric acid groups is 1. The van der Waals surface area contributed by atoms with Crippen molar-refractivity contribution in [1.29, 1.82) is 0 Å². The summed E-state index contributed by atoms with van der Waals surface area (Å²) in [6.07, 6.45) is 8.86. The van der Waals surface area contributed by atoms with E-state index in [9.17, 15) is 37.0 Å². The first-order valence-electron chi connectivity index (χ1n) is 20.1. The summed E-state index contributed by atoms with van der Waals surface area (Å²) in [6.45, 7) is 1.57. The number of carbonyl (C=O) groups excluding carboxylic acids is 3. The van der Waals surface area contributed by atoms with E-state index in [0.29, 0.717) is 39.4 Å². The first kappa shape index (κ1) is 51.0. The molecule has 1 aliphatic rings. The summed E-state index contributed by atoms with van der Waals surface area (Å²) in [6, 6.07) is 4.12. The number of likely N-dealkylation sites (N-methyl/N-ethyl adjacent to an activating group) is 1. The van der Waals surface area contributed by atoms with Gasteiger partial charge in [-0.3, -0.25) is 18.9 Å². The number of quaternary nitrogens is 1. The van der Waals surface area contributed by atoms with Gasteiger partial charge in [-0.05, 0) is 47.9 Å². The highest BCUT2D eigenvalue weighted by atomic mass is 125. The van der Waals surface area contributed by atoms with E-state index in [1.165, 1.54) is 50.3 Å². The van der Waals surface area contributed by atoms with Crippen LogP contribution >= 0.6 is 30.4 Å². The summed E-state index contributed by atoms with van der Waals surface area (Å²) in [5.74, 6) is -1.44. The van der Waals surface area contributed by atoms with Crippen molar-refractivity contribution in [1.82, 2.24) is 0 Å². The third-order valence-corrected chi connectivity index (χ3v) is 11.2. The second-order valence-electron chi connectivity index (χ2n) is 15.4. The molecule has 0 N–H and O–H groups in total. The van der Waals surface area contributed by atoms with Crippen LogP contribution < -0.4 is 4.89 Å². The molecule has 18 heteroatoms. The van der Waals surface area contributed by atoms with E-state index < -0.39 is 50.3 Å². The predicted octanol–water partition coefficient (Wildman–Crippen LogP) is 9.22. The monoisotopic (exact) mass is 945 g/mol. The molecule has 1 unspecified atom stereocenters. The Hall–Kier alpha value is -2.18. The summed E-state index contributed by atoms with van der Waals surface area (Å²) in [7, 11) is 0.966. The molecule has 0 saturated heterocycles. The Morgan fingerprint density at radius 3 is 1.79 bits per heavy atom. The lowest BCUT2D eigenvalue weighted by Gasteiger charge is -2.28. The number of carbonyl (C=O) groups is 3. The van der Waals surface area contributed by atoms with Crippen molar-refractivity contribution >= 4 is 48.3 Å². The van der Waals surface area contributed by atoms with Crippen LogP contribution in [0.4, 0.5) is 13.2 Å². The quantitative estimate of drug-likeness (QED) is 0.0170. The highest BCUT2D eigenvalue weighted by Gasteiger charge is 2.65. The summed E-state index contributed by atoms with van der Waals surface area (Å²) >= 11 is 1.90. The molecular formula is C39H62F3IN3O10P. The van der Waals surface area contributed by atoms with Crippen LogP contribution in [0.1, 0.15) is 134 Å². The minimum atomic E-state index is -4.70. The van der Waals surface area contributed by atoms with Crippen molar-refractivity contribution in [2.24, 2.45) is 10.2 Å². The van der Waals surface area contributed by atoms with Gasteiger partial charge in [0.15, 0.2) is 6.10 Å². The summed E-state index contributed by atoms with van der Waals surface area (Å²) in [4.78, 5) is 49.6. The molecule has 0 spiro atoms. The molecule has 1 aromatic carbocycles. The minimum absolute atomic E-state index is 0.0591. The lowest BCUT2D eigenvalue weighted by atomic mass is 10.0. The van der Waals surface area contributed by atoms with Gasteiger partial charge >= 0.3 is 29.7 Å². The second-order valence-corrected chi connectivity index (χ2v) is 18.0. The highest BCUT2D eigenvalue weighted by molar-refractivity contribution is 14.1. The molecule has 0 aliphatic carbocycles. The number of hydrogen-bond acceptors (Lipinski definition) is 12. The van der Waals surface area contributed by atoms with Crippen molar-refractivity contribution in [3.63, 3.8) is 0 Å². The van der Waals surface area contributed by atoms with Gasteiger partial charge in [0.1, 0.15) is 26.4 Å². The topological polar surface area (TPSA) is 162 Å². The van der Waals surface area contributed by atoms with Gasteiger partial charge in [0, 0.05) is 34.0 Å². The van der Waals surface area contributed by atoms with E-state index in [1.807, 2.05) is 43.7 Å². The van der Waals surface area contributed by atoms with E-state index in [-0.39, 0.29) is 44.6 Å². The zero-order valence-corrected chi connectivity index (χ0v) is 37.0. The molecule has 0 amide bonds. The fourth-order valence-electron chi connectivity index (χ4n) is 5.64. The summed E-state index contributed by atoms with van der Waals surface area (Å²) in [5.41, 5.74) is -2.00. The predicted molar refractivity (Wildman–Crippen MR) is 214 cm³/mol. The van der Waals surface area contributed by atoms with Gasteiger partial charge in [0.2, 0.25) is 0 Å². The van der Waals surface area contributed by atoms with Crippen LogP contribution in [0, 0.1) is 3.57 Å². The fourth-order valence-corrected chi connectivity index (χ4v) is 7.04. The summed E-state index contributed by atoms with van der Waals surface area (Å²) < 4.78 is 79.2. The first-order valence-corrected chi connectivity index (χ1v) is 22.6. The van der Waals surface area contributed by atoms with Crippen molar-refractivity contribution < 1.29 is 64.8 Å². The number of alkyl halides is 3. The SMILES string of the molecule is CCCCCCCCCCCC(=O)OC[C@H](COP(=O)([O-])OCC[N+](C)(C)C)OC(=O)CCCCCCCCC(=O)OCc1ccc(C2(C(F)(F)F)N=N2)cc1[125I]. The van der Waals surface area contributed by atoms with E-state index >= 15 is 0 Å². The van der Waals surface area contributed by atoms with Gasteiger partial charge in [0.05, 0.1) is 27.7 Å². The maximum absolute atomic E-state index is 13.3. The lowest BCUT2D eigenvalue weighted by Crippen LogP contribution is -2.37. The zero-order valence-electron chi connectivity index (χ0n) is 34.0. The Labute approximate surface area is 349 Å². The number of rotatable bonds is 32. The van der Waals surface area contributed by atoms with Crippen LogP contribution in [-0.4, -0.2) is 82.2 Å². The number of benzene rings is 1. The lowest BCUT2D eigenvalue weighted by molar-refractivity contribution is -0.870. The molecule has 2 atom stereocenters. The fraction of sp³-hybridized carbons (Fsp3) is 0.769. The van der Waals surface area contributed by atoms with Crippen molar-refractivity contribution in [2.75, 3.05) is 47.5 Å². The van der Waals surface area contributed by atoms with Crippen LogP contribution in [0.15, 0.2) is 28.4 Å². The van der Waals surface area contributed by atoms with E-state index in [1.54, 1.807) is 0 Å². The molecule has 0 aromatic heterocycles. The second kappa shape index (κ2) is 26.1. The molecule has 57 heavy (non-hydrogen) atoms. The number of halogens is 4. The molecule has 13 nitrogen and oxygen atoms in total. The van der Waals surface area contributed by atoms with Gasteiger partial charge < -0.3 is 32.6 Å². The Morgan fingerprint density at radius 2 is 1.30 bits per heavy atom. The van der Waals surface area contributed by atoms with Crippen LogP contribution in [0.3, 0.4) is 0 Å². The molecule has 0 fully saturated rings. The molecule has 0 bridgehead atoms. The molecule has 1 aliphatic heterocycles. The van der Waals surface area contributed by atoms with E-state index in [2.05, 4.69) is 17.2 Å². The molecule has 326 valence electrons. The molecular weight excluding hydrogens is 883 g/mol. The Morgan fingerprint density at radius 1 is 0.789 bits per heavy atom. The average Bonchev–Trinajstić information content (AvgIpc) is 3.95. The van der Waals surface area contributed by atoms with E-state index in [4.69, 9.17) is 23.3 Å². The summed E-state index contributed by atoms with van der Waals surface area (Å²) in [5, 5.41) is 6.42. The average molecular weight is 946 g/mol. The van der Waals surface area contributed by atoms with Gasteiger partial charge in [-0.2, -0.15) is 13.2 Å². The third kappa shape index (κ3) is 22.1. The largest absolute Gasteiger partial charge is 0.756 e. The number of nitrogens with zero attached hydrogens (tertiary/aromatic N) is 3. The van der Waals surface area contributed by atoms with Crippen molar-refractivity contribution in [2.45, 2.75) is 147 Å².